The number of unbranched alkanes of at least 4 members (excludes halogenated alkanes) is 5. The van der Waals surface area contributed by atoms with Crippen molar-refractivity contribution in [2.24, 2.45) is 34.5 Å². The Kier molecular flexibility index (Phi) is 8.45. The van der Waals surface area contributed by atoms with Crippen molar-refractivity contribution in [3.05, 3.63) is 46.5 Å². The van der Waals surface area contributed by atoms with E-state index < -0.39 is 0 Å². The van der Waals surface area contributed by atoms with Crippen LogP contribution >= 0.6 is 11.6 Å². The quantitative estimate of drug-likeness (QED) is 0.182. The van der Waals surface area contributed by atoms with Gasteiger partial charge in [-0.15, -0.1) is 0 Å². The van der Waals surface area contributed by atoms with Crippen LogP contribution in [0.2, 0.25) is 5.02 Å². The summed E-state index contributed by atoms with van der Waals surface area (Å²) in [6.45, 7) is 7.54. The van der Waals surface area contributed by atoms with Crippen LogP contribution in [0.3, 0.4) is 0 Å². The molecule has 0 unspecified atom stereocenters. The largest absolute Gasteiger partial charge is 0.458 e. The molecule has 0 spiro atoms. The smallest absolute Gasteiger partial charge is 0.338 e. The second-order valence-corrected chi connectivity index (χ2v) is 13.8. The fourth-order valence-corrected chi connectivity index (χ4v) is 9.41. The summed E-state index contributed by atoms with van der Waals surface area (Å²) in [5.41, 5.74) is 3.04. The lowest BCUT2D eigenvalue weighted by Crippen LogP contribution is -2.50. The van der Waals surface area contributed by atoms with Crippen molar-refractivity contribution in [2.75, 3.05) is 0 Å². The second kappa shape index (κ2) is 11.4. The molecular weight excluding hydrogens is 476 g/mol. The lowest BCUT2D eigenvalue weighted by molar-refractivity contribution is -0.0536. The van der Waals surface area contributed by atoms with E-state index in [0.717, 1.165) is 42.9 Å². The van der Waals surface area contributed by atoms with Crippen LogP contribution in [0.25, 0.3) is 0 Å². The van der Waals surface area contributed by atoms with Gasteiger partial charge in [0, 0.05) is 11.4 Å². The van der Waals surface area contributed by atoms with Crippen LogP contribution in [0.15, 0.2) is 35.9 Å². The lowest BCUT2D eigenvalue weighted by atomic mass is 9.47. The van der Waals surface area contributed by atoms with Crippen LogP contribution in [0.1, 0.15) is 127 Å². The van der Waals surface area contributed by atoms with Gasteiger partial charge in [0.05, 0.1) is 5.56 Å². The first kappa shape index (κ1) is 27.3. The van der Waals surface area contributed by atoms with E-state index in [1.807, 2.05) is 0 Å². The number of ether oxygens (including phenoxy) is 1. The van der Waals surface area contributed by atoms with Gasteiger partial charge in [-0.3, -0.25) is 0 Å². The zero-order valence-electron chi connectivity index (χ0n) is 23.6. The van der Waals surface area contributed by atoms with Gasteiger partial charge in [-0.2, -0.15) is 0 Å². The maximum absolute atomic E-state index is 12.7. The van der Waals surface area contributed by atoms with Crippen LogP contribution in [0.4, 0.5) is 0 Å². The summed E-state index contributed by atoms with van der Waals surface area (Å²) in [6.07, 6.45) is 22.6. The molecule has 0 N–H and O–H groups in total. The summed E-state index contributed by atoms with van der Waals surface area (Å²) in [5, 5.41) is 0.645. The predicted molar refractivity (Wildman–Crippen MR) is 154 cm³/mol. The van der Waals surface area contributed by atoms with Gasteiger partial charge in [0.15, 0.2) is 0 Å². The van der Waals surface area contributed by atoms with Crippen molar-refractivity contribution in [1.82, 2.24) is 0 Å². The summed E-state index contributed by atoms with van der Waals surface area (Å²) in [4.78, 5) is 12.7. The third-order valence-corrected chi connectivity index (χ3v) is 11.8. The first-order valence-electron chi connectivity index (χ1n) is 15.5. The summed E-state index contributed by atoms with van der Waals surface area (Å²) in [7, 11) is 0. The van der Waals surface area contributed by atoms with E-state index in [2.05, 4.69) is 26.8 Å². The SMILES string of the molecule is CCCCCCCC[C@@H]1CC[C@@H]2[C@H]3CC=C4C[C@@H](OC(=O)c5ccc(Cl)cc5)CC[C@]4(C)[C@H]3CC[C@]12C. The zero-order chi connectivity index (χ0) is 26.0. The molecule has 1 aromatic rings. The van der Waals surface area contributed by atoms with Crippen molar-refractivity contribution in [3.8, 4) is 0 Å². The topological polar surface area (TPSA) is 26.3 Å². The van der Waals surface area contributed by atoms with Gasteiger partial charge in [-0.05, 0) is 110 Å². The molecule has 4 aliphatic rings. The summed E-state index contributed by atoms with van der Waals surface area (Å²) < 4.78 is 5.99. The van der Waals surface area contributed by atoms with Crippen LogP contribution in [-0.4, -0.2) is 12.1 Å². The molecule has 0 saturated heterocycles. The molecule has 3 fully saturated rings. The molecule has 0 heterocycles. The minimum Gasteiger partial charge on any atom is -0.458 e. The first-order chi connectivity index (χ1) is 17.8. The van der Waals surface area contributed by atoms with Crippen molar-refractivity contribution in [1.29, 1.82) is 0 Å². The van der Waals surface area contributed by atoms with Crippen LogP contribution < -0.4 is 0 Å². The van der Waals surface area contributed by atoms with E-state index in [1.165, 1.54) is 77.0 Å². The highest BCUT2D eigenvalue weighted by Gasteiger charge is 2.58. The van der Waals surface area contributed by atoms with E-state index in [-0.39, 0.29) is 12.1 Å². The number of allylic oxidation sites excluding steroid dienone is 1. The number of rotatable bonds is 9. The number of hydrogen-bond acceptors (Lipinski definition) is 2. The van der Waals surface area contributed by atoms with Gasteiger partial charge >= 0.3 is 5.97 Å². The number of halogens is 1. The molecule has 0 radical (unpaired) electrons. The van der Waals surface area contributed by atoms with Crippen LogP contribution in [-0.2, 0) is 4.74 Å². The molecule has 3 saturated carbocycles. The third-order valence-electron chi connectivity index (χ3n) is 11.5. The highest BCUT2D eigenvalue weighted by Crippen LogP contribution is 2.66. The van der Waals surface area contributed by atoms with E-state index >= 15 is 0 Å². The summed E-state index contributed by atoms with van der Waals surface area (Å²) in [6, 6.07) is 7.06. The van der Waals surface area contributed by atoms with Gasteiger partial charge in [0.25, 0.3) is 0 Å². The van der Waals surface area contributed by atoms with Crippen molar-refractivity contribution in [2.45, 2.75) is 123 Å². The Morgan fingerprint density at radius 1 is 0.946 bits per heavy atom. The Labute approximate surface area is 231 Å². The average Bonchev–Trinajstić information content (AvgIpc) is 3.23. The molecule has 1 aromatic carbocycles. The Balaban J connectivity index is 1.20. The van der Waals surface area contributed by atoms with E-state index in [1.54, 1.807) is 29.8 Å². The van der Waals surface area contributed by atoms with E-state index in [9.17, 15) is 4.79 Å². The first-order valence-corrected chi connectivity index (χ1v) is 15.9. The average molecular weight is 525 g/mol. The number of benzene rings is 1. The summed E-state index contributed by atoms with van der Waals surface area (Å²) in [5.74, 6) is 3.31. The van der Waals surface area contributed by atoms with Crippen molar-refractivity contribution >= 4 is 17.6 Å². The highest BCUT2D eigenvalue weighted by molar-refractivity contribution is 6.30. The molecule has 204 valence electrons. The molecular formula is C34H49ClO2. The van der Waals surface area contributed by atoms with Crippen molar-refractivity contribution < 1.29 is 9.53 Å². The number of esters is 1. The molecule has 4 aliphatic carbocycles. The maximum atomic E-state index is 12.7. The minimum atomic E-state index is -0.213. The fourth-order valence-electron chi connectivity index (χ4n) is 9.29. The van der Waals surface area contributed by atoms with Gasteiger partial charge in [0.1, 0.15) is 6.10 Å². The molecule has 7 atom stereocenters. The Morgan fingerprint density at radius 3 is 2.49 bits per heavy atom. The molecule has 0 amide bonds. The predicted octanol–water partition coefficient (Wildman–Crippen LogP) is 10.2. The highest BCUT2D eigenvalue weighted by atomic mass is 35.5. The zero-order valence-corrected chi connectivity index (χ0v) is 24.3. The Morgan fingerprint density at radius 2 is 1.70 bits per heavy atom. The molecule has 37 heavy (non-hydrogen) atoms. The third kappa shape index (κ3) is 5.43. The molecule has 0 bridgehead atoms. The standard InChI is InChI=1S/C34H49ClO2/c1-4-5-6-7-8-9-10-25-14-18-30-29-17-13-26-23-28(37-32(36)24-11-15-27(35)16-12-24)19-21-34(26,3)31(29)20-22-33(25,30)2/h11-13,15-16,25,28-31H,4-10,14,17-23H2,1-3H3/t25-,28+,29-,30-,31+,33-,34+/m1/s1. The van der Waals surface area contributed by atoms with Gasteiger partial charge < -0.3 is 4.74 Å². The molecule has 0 aliphatic heterocycles. The van der Waals surface area contributed by atoms with Crippen LogP contribution in [0, 0.1) is 34.5 Å². The molecule has 0 aromatic heterocycles. The minimum absolute atomic E-state index is 0.00102. The van der Waals surface area contributed by atoms with Gasteiger partial charge in [-0.1, -0.05) is 82.5 Å². The molecule has 3 heteroatoms. The van der Waals surface area contributed by atoms with Gasteiger partial charge in [0.2, 0.25) is 0 Å². The number of carbonyl (C=O) groups excluding carboxylic acids is 1. The van der Waals surface area contributed by atoms with Crippen molar-refractivity contribution in [3.63, 3.8) is 0 Å². The fraction of sp³-hybridized carbons (Fsp3) is 0.735. The van der Waals surface area contributed by atoms with Gasteiger partial charge in [-0.25, -0.2) is 4.79 Å². The van der Waals surface area contributed by atoms with E-state index in [0.29, 0.717) is 21.4 Å². The molecule has 5 rings (SSSR count). The lowest BCUT2D eigenvalue weighted by Gasteiger charge is -2.58. The van der Waals surface area contributed by atoms with Crippen LogP contribution in [0.5, 0.6) is 0 Å². The normalized spacial score (nSPS) is 36.8. The monoisotopic (exact) mass is 524 g/mol. The second-order valence-electron chi connectivity index (χ2n) is 13.4. The number of carbonyl (C=O) groups is 1. The summed E-state index contributed by atoms with van der Waals surface area (Å²) >= 11 is 5.99. The number of fused-ring (bicyclic) bond motifs is 5. The maximum Gasteiger partial charge on any atom is 0.338 e. The molecule has 2 nitrogen and oxygen atoms in total. The number of hydrogen-bond donors (Lipinski definition) is 0. The Hall–Kier alpha value is -1.28. The Bertz CT molecular complexity index is 967. The van der Waals surface area contributed by atoms with E-state index in [4.69, 9.17) is 16.3 Å².